The fourth-order valence-electron chi connectivity index (χ4n) is 2.37. The first-order chi connectivity index (χ1) is 10.2. The normalized spacial score (nSPS) is 14.3. The number of fused-ring (bicyclic) bond motifs is 1. The molecule has 1 unspecified atom stereocenters. The molecule has 7 heteroatoms. The summed E-state index contributed by atoms with van der Waals surface area (Å²) in [5.41, 5.74) is 1.17. The molecule has 0 aliphatic carbocycles. The molecule has 21 heavy (non-hydrogen) atoms. The van der Waals surface area contributed by atoms with Gasteiger partial charge in [0.2, 0.25) is 6.79 Å². The van der Waals surface area contributed by atoms with Crippen molar-refractivity contribution in [3.8, 4) is 17.2 Å². The van der Waals surface area contributed by atoms with E-state index in [-0.39, 0.29) is 6.79 Å². The lowest BCUT2D eigenvalue weighted by molar-refractivity contribution is 0.173. The minimum absolute atomic E-state index is 0.130. The van der Waals surface area contributed by atoms with Crippen molar-refractivity contribution in [1.82, 2.24) is 9.78 Å². The van der Waals surface area contributed by atoms with Gasteiger partial charge in [0.1, 0.15) is 11.8 Å². The number of benzene rings is 1. The molecular formula is C14H15ClN2O4. The lowest BCUT2D eigenvalue weighted by Gasteiger charge is -2.15. The van der Waals surface area contributed by atoms with E-state index in [1.807, 2.05) is 6.92 Å². The molecule has 0 amide bonds. The number of aliphatic hydroxyl groups is 1. The first-order valence-electron chi connectivity index (χ1n) is 6.52. The highest BCUT2D eigenvalue weighted by atomic mass is 35.5. The highest BCUT2D eigenvalue weighted by Crippen LogP contribution is 2.42. The Bertz CT molecular complexity index is 650. The van der Waals surface area contributed by atoms with Crippen LogP contribution in [0.4, 0.5) is 0 Å². The number of aromatic nitrogens is 2. The zero-order chi connectivity index (χ0) is 15.0. The molecule has 0 fully saturated rings. The smallest absolute Gasteiger partial charge is 0.231 e. The number of aliphatic hydroxyl groups excluding tert-OH is 1. The van der Waals surface area contributed by atoms with Gasteiger partial charge in [-0.3, -0.25) is 4.68 Å². The number of hydrogen-bond donors (Lipinski definition) is 1. The van der Waals surface area contributed by atoms with Crippen LogP contribution in [0.15, 0.2) is 18.3 Å². The Balaban J connectivity index is 2.05. The lowest BCUT2D eigenvalue weighted by atomic mass is 10.1. The minimum atomic E-state index is -0.922. The second-order valence-electron chi connectivity index (χ2n) is 4.55. The minimum Gasteiger partial charge on any atom is -0.493 e. The van der Waals surface area contributed by atoms with Gasteiger partial charge in [0.05, 0.1) is 18.3 Å². The van der Waals surface area contributed by atoms with Gasteiger partial charge in [-0.1, -0.05) is 11.6 Å². The zero-order valence-electron chi connectivity index (χ0n) is 11.7. The summed E-state index contributed by atoms with van der Waals surface area (Å²) in [7, 11) is 1.54. The molecule has 112 valence electrons. The van der Waals surface area contributed by atoms with Crippen LogP contribution in [0.25, 0.3) is 0 Å². The molecule has 0 saturated carbocycles. The van der Waals surface area contributed by atoms with Gasteiger partial charge in [-0.05, 0) is 24.6 Å². The van der Waals surface area contributed by atoms with Crippen LogP contribution in [0.3, 0.4) is 0 Å². The molecule has 0 saturated heterocycles. The van der Waals surface area contributed by atoms with Crippen LogP contribution in [0.5, 0.6) is 17.2 Å². The van der Waals surface area contributed by atoms with Crippen molar-refractivity contribution >= 4 is 11.6 Å². The van der Waals surface area contributed by atoms with Crippen molar-refractivity contribution in [1.29, 1.82) is 0 Å². The van der Waals surface area contributed by atoms with E-state index in [1.54, 1.807) is 30.1 Å². The Morgan fingerprint density at radius 2 is 2.29 bits per heavy atom. The maximum Gasteiger partial charge on any atom is 0.231 e. The van der Waals surface area contributed by atoms with Gasteiger partial charge in [-0.15, -0.1) is 0 Å². The summed E-state index contributed by atoms with van der Waals surface area (Å²) in [4.78, 5) is 0. The van der Waals surface area contributed by atoms with Crippen LogP contribution in [0.1, 0.15) is 24.3 Å². The first kappa shape index (κ1) is 14.0. The lowest BCUT2D eigenvalue weighted by Crippen LogP contribution is -2.10. The first-order valence-corrected chi connectivity index (χ1v) is 6.90. The fourth-order valence-corrected chi connectivity index (χ4v) is 2.64. The molecular weight excluding hydrogens is 296 g/mol. The van der Waals surface area contributed by atoms with E-state index < -0.39 is 6.10 Å². The second-order valence-corrected chi connectivity index (χ2v) is 4.96. The predicted molar refractivity (Wildman–Crippen MR) is 76.1 cm³/mol. The molecule has 6 nitrogen and oxygen atoms in total. The van der Waals surface area contributed by atoms with E-state index in [0.717, 1.165) is 0 Å². The summed E-state index contributed by atoms with van der Waals surface area (Å²) in [6.45, 7) is 2.69. The third-order valence-corrected chi connectivity index (χ3v) is 3.67. The van der Waals surface area contributed by atoms with Gasteiger partial charge in [0.25, 0.3) is 0 Å². The summed E-state index contributed by atoms with van der Waals surface area (Å²) < 4.78 is 17.5. The summed E-state index contributed by atoms with van der Waals surface area (Å²) in [6.07, 6.45) is 0.658. The topological polar surface area (TPSA) is 65.7 Å². The van der Waals surface area contributed by atoms with E-state index >= 15 is 0 Å². The maximum absolute atomic E-state index is 10.7. The fraction of sp³-hybridized carbons (Fsp3) is 0.357. The Kier molecular flexibility index (Phi) is 3.65. The number of nitrogens with zero attached hydrogens (tertiary/aromatic N) is 2. The van der Waals surface area contributed by atoms with Crippen LogP contribution in [-0.2, 0) is 6.54 Å². The zero-order valence-corrected chi connectivity index (χ0v) is 12.4. The molecule has 1 aliphatic rings. The molecule has 0 bridgehead atoms. The van der Waals surface area contributed by atoms with Crippen molar-refractivity contribution in [2.24, 2.45) is 0 Å². The Morgan fingerprint density at radius 3 is 3.00 bits per heavy atom. The van der Waals surface area contributed by atoms with Crippen molar-refractivity contribution in [3.63, 3.8) is 0 Å². The predicted octanol–water partition coefficient (Wildman–Crippen LogP) is 2.38. The molecule has 1 atom stereocenters. The van der Waals surface area contributed by atoms with E-state index in [0.29, 0.717) is 40.1 Å². The van der Waals surface area contributed by atoms with Gasteiger partial charge in [0, 0.05) is 6.54 Å². The van der Waals surface area contributed by atoms with Crippen molar-refractivity contribution in [2.75, 3.05) is 13.9 Å². The van der Waals surface area contributed by atoms with E-state index in [1.165, 1.54) is 0 Å². The third-order valence-electron chi connectivity index (χ3n) is 3.39. The number of halogens is 1. The average Bonchev–Trinajstić information content (AvgIpc) is 3.12. The Morgan fingerprint density at radius 1 is 1.48 bits per heavy atom. The molecule has 2 heterocycles. The second kappa shape index (κ2) is 5.46. The van der Waals surface area contributed by atoms with E-state index in [2.05, 4.69) is 5.10 Å². The molecule has 0 spiro atoms. The molecule has 3 rings (SSSR count). The third kappa shape index (κ3) is 2.30. The molecule has 1 aliphatic heterocycles. The van der Waals surface area contributed by atoms with Crippen molar-refractivity contribution in [2.45, 2.75) is 19.6 Å². The van der Waals surface area contributed by atoms with Crippen molar-refractivity contribution in [3.05, 3.63) is 34.6 Å². The summed E-state index contributed by atoms with van der Waals surface area (Å²) in [5, 5.41) is 15.3. The Hall–Kier alpha value is -1.92. The maximum atomic E-state index is 10.7. The molecule has 2 aromatic rings. The average molecular weight is 311 g/mol. The van der Waals surface area contributed by atoms with Gasteiger partial charge in [-0.2, -0.15) is 5.10 Å². The number of hydrogen-bond acceptors (Lipinski definition) is 5. The molecule has 0 radical (unpaired) electrons. The summed E-state index contributed by atoms with van der Waals surface area (Å²) >= 11 is 6.16. The van der Waals surface area contributed by atoms with Gasteiger partial charge in [-0.25, -0.2) is 0 Å². The SMILES string of the molecule is CCn1ncc(OC)c1C(O)c1cc(Cl)c2c(c1)OCO2. The largest absolute Gasteiger partial charge is 0.493 e. The number of methoxy groups -OCH3 is 1. The number of rotatable bonds is 4. The van der Waals surface area contributed by atoms with Crippen molar-refractivity contribution < 1.29 is 19.3 Å². The number of aryl methyl sites for hydroxylation is 1. The highest BCUT2D eigenvalue weighted by Gasteiger charge is 2.25. The standard InChI is InChI=1S/C14H15ClN2O4/c1-3-17-12(11(19-2)6-16-17)13(18)8-4-9(15)14-10(5-8)20-7-21-14/h4-6,13,18H,3,7H2,1-2H3. The molecule has 1 N–H and O–H groups in total. The molecule has 1 aromatic heterocycles. The van der Waals surface area contributed by atoms with Crippen LogP contribution in [0, 0.1) is 0 Å². The van der Waals surface area contributed by atoms with Crippen LogP contribution in [0.2, 0.25) is 5.02 Å². The van der Waals surface area contributed by atoms with E-state index in [4.69, 9.17) is 25.8 Å². The summed E-state index contributed by atoms with van der Waals surface area (Å²) in [6, 6.07) is 3.37. The molecule has 1 aromatic carbocycles. The van der Waals surface area contributed by atoms with Gasteiger partial charge >= 0.3 is 0 Å². The Labute approximate surface area is 126 Å². The monoisotopic (exact) mass is 310 g/mol. The van der Waals surface area contributed by atoms with Crippen LogP contribution in [-0.4, -0.2) is 28.8 Å². The van der Waals surface area contributed by atoms with E-state index in [9.17, 15) is 5.11 Å². The van der Waals surface area contributed by atoms with Crippen LogP contribution < -0.4 is 14.2 Å². The quantitative estimate of drug-likeness (QED) is 0.939. The van der Waals surface area contributed by atoms with Gasteiger partial charge in [0.15, 0.2) is 17.2 Å². The van der Waals surface area contributed by atoms with Crippen LogP contribution >= 0.6 is 11.6 Å². The van der Waals surface area contributed by atoms with Gasteiger partial charge < -0.3 is 19.3 Å². The summed E-state index contributed by atoms with van der Waals surface area (Å²) in [5.74, 6) is 1.56. The number of ether oxygens (including phenoxy) is 3. The highest BCUT2D eigenvalue weighted by molar-refractivity contribution is 6.32.